The number of hydrogen-bond donors (Lipinski definition) is 0. The maximum absolute atomic E-state index is 5.46. The molecule has 3 heterocycles. The van der Waals surface area contributed by atoms with E-state index in [0.29, 0.717) is 0 Å². The summed E-state index contributed by atoms with van der Waals surface area (Å²) in [6, 6.07) is 62.0. The van der Waals surface area contributed by atoms with Crippen LogP contribution >= 0.6 is 0 Å². The van der Waals surface area contributed by atoms with Crippen LogP contribution in [0, 0.1) is 0 Å². The summed E-state index contributed by atoms with van der Waals surface area (Å²) >= 11 is 0. The van der Waals surface area contributed by atoms with Gasteiger partial charge in [0, 0.05) is 43.6 Å². The lowest BCUT2D eigenvalue weighted by Gasteiger charge is -2.16. The summed E-state index contributed by atoms with van der Waals surface area (Å²) in [5.41, 5.74) is 11.2. The van der Waals surface area contributed by atoms with Gasteiger partial charge in [-0.25, -0.2) is 15.0 Å². The number of nitrogens with zero attached hydrogens (tertiary/aromatic N) is 3. The molecule has 0 fully saturated rings. The van der Waals surface area contributed by atoms with E-state index in [4.69, 9.17) is 15.0 Å². The van der Waals surface area contributed by atoms with Crippen molar-refractivity contribution in [3.63, 3.8) is 0 Å². The molecule has 0 saturated carbocycles. The second-order valence-electron chi connectivity index (χ2n) is 12.8. The summed E-state index contributed by atoms with van der Waals surface area (Å²) in [6.45, 7) is 0. The highest BCUT2D eigenvalue weighted by Crippen LogP contribution is 2.41. The van der Waals surface area contributed by atoms with Crippen molar-refractivity contribution in [2.24, 2.45) is 0 Å². The number of fused-ring (bicyclic) bond motifs is 7. The summed E-state index contributed by atoms with van der Waals surface area (Å²) in [4.78, 5) is 15.9. The molecule has 0 atom stereocenters. The van der Waals surface area contributed by atoms with Crippen LogP contribution in [-0.2, 0) is 0 Å². The Morgan fingerprint density at radius 2 is 0.900 bits per heavy atom. The average Bonchev–Trinajstić information content (AvgIpc) is 3.20. The fourth-order valence-corrected chi connectivity index (χ4v) is 7.41. The van der Waals surface area contributed by atoms with E-state index in [1.165, 1.54) is 27.3 Å². The van der Waals surface area contributed by atoms with Gasteiger partial charge in [-0.15, -0.1) is 0 Å². The van der Waals surface area contributed by atoms with E-state index in [9.17, 15) is 0 Å². The second-order valence-corrected chi connectivity index (χ2v) is 12.8. The van der Waals surface area contributed by atoms with E-state index in [2.05, 4.69) is 158 Å². The van der Waals surface area contributed by atoms with Crippen LogP contribution < -0.4 is 0 Å². The Morgan fingerprint density at radius 1 is 0.320 bits per heavy atom. The molecule has 3 aromatic heterocycles. The number of hydrogen-bond acceptors (Lipinski definition) is 3. The van der Waals surface area contributed by atoms with Gasteiger partial charge in [-0.2, -0.15) is 0 Å². The molecule has 10 rings (SSSR count). The molecule has 3 heteroatoms. The van der Waals surface area contributed by atoms with Crippen molar-refractivity contribution in [3.8, 4) is 44.9 Å². The Labute approximate surface area is 289 Å². The first-order valence-corrected chi connectivity index (χ1v) is 16.9. The summed E-state index contributed by atoms with van der Waals surface area (Å²) in [6.07, 6.45) is 0. The maximum Gasteiger partial charge on any atom is 0.0972 e. The molecule has 0 aliphatic rings. The monoisotopic (exact) mass is 635 g/mol. The normalized spacial score (nSPS) is 11.6. The first-order chi connectivity index (χ1) is 24.8. The SMILES string of the molecule is c1ccc(-c2ccc3ccc4ccc(-c5ccc6c(c5)nc(-c5cccc7ccccc57)c5cccc(-c7ccccc7)c56)nc4c3n2)cc1. The molecule has 0 N–H and O–H groups in total. The van der Waals surface area contributed by atoms with Gasteiger partial charge in [-0.3, -0.25) is 0 Å². The number of pyridine rings is 3. The zero-order valence-electron chi connectivity index (χ0n) is 27.1. The fourth-order valence-electron chi connectivity index (χ4n) is 7.41. The van der Waals surface area contributed by atoms with Gasteiger partial charge in [-0.05, 0) is 40.1 Å². The number of rotatable bonds is 4. The second kappa shape index (κ2) is 11.5. The molecule has 232 valence electrons. The van der Waals surface area contributed by atoms with Gasteiger partial charge in [0.2, 0.25) is 0 Å². The molecule has 0 spiro atoms. The third kappa shape index (κ3) is 4.63. The Bertz CT molecular complexity index is 2910. The van der Waals surface area contributed by atoms with Gasteiger partial charge in [0.05, 0.1) is 33.6 Å². The minimum atomic E-state index is 0.892. The van der Waals surface area contributed by atoms with Gasteiger partial charge in [0.1, 0.15) is 0 Å². The highest BCUT2D eigenvalue weighted by atomic mass is 14.8. The highest BCUT2D eigenvalue weighted by Gasteiger charge is 2.17. The third-order valence-electron chi connectivity index (χ3n) is 9.83. The molecule has 0 radical (unpaired) electrons. The van der Waals surface area contributed by atoms with Crippen molar-refractivity contribution in [1.29, 1.82) is 0 Å². The average molecular weight is 636 g/mol. The lowest BCUT2D eigenvalue weighted by Crippen LogP contribution is -1.94. The smallest absolute Gasteiger partial charge is 0.0972 e. The Hall–Kier alpha value is -6.71. The van der Waals surface area contributed by atoms with Crippen LogP contribution in [-0.4, -0.2) is 15.0 Å². The predicted molar refractivity (Wildman–Crippen MR) is 209 cm³/mol. The van der Waals surface area contributed by atoms with Crippen molar-refractivity contribution < 1.29 is 0 Å². The zero-order valence-corrected chi connectivity index (χ0v) is 27.1. The molecule has 0 saturated heterocycles. The minimum absolute atomic E-state index is 0.892. The van der Waals surface area contributed by atoms with E-state index < -0.39 is 0 Å². The summed E-state index contributed by atoms with van der Waals surface area (Å²) < 4.78 is 0. The number of aromatic nitrogens is 3. The molecule has 50 heavy (non-hydrogen) atoms. The van der Waals surface area contributed by atoms with Gasteiger partial charge in [-0.1, -0.05) is 158 Å². The predicted octanol–water partition coefficient (Wildman–Crippen LogP) is 12.3. The number of benzene rings is 7. The molecule has 10 aromatic rings. The molecule has 0 unspecified atom stereocenters. The first-order valence-electron chi connectivity index (χ1n) is 16.9. The van der Waals surface area contributed by atoms with Crippen molar-refractivity contribution >= 4 is 54.3 Å². The van der Waals surface area contributed by atoms with E-state index in [0.717, 1.165) is 71.9 Å². The highest BCUT2D eigenvalue weighted by molar-refractivity contribution is 6.19. The van der Waals surface area contributed by atoms with Crippen LogP contribution in [0.15, 0.2) is 176 Å². The van der Waals surface area contributed by atoms with E-state index >= 15 is 0 Å². The van der Waals surface area contributed by atoms with Crippen LogP contribution in [0.25, 0.3) is 99.2 Å². The summed E-state index contributed by atoms with van der Waals surface area (Å²) in [7, 11) is 0. The van der Waals surface area contributed by atoms with Crippen molar-refractivity contribution in [3.05, 3.63) is 176 Å². The van der Waals surface area contributed by atoms with Gasteiger partial charge in [0.25, 0.3) is 0 Å². The van der Waals surface area contributed by atoms with Crippen LogP contribution in [0.3, 0.4) is 0 Å². The molecule has 0 bridgehead atoms. The summed E-state index contributed by atoms with van der Waals surface area (Å²) in [5, 5.41) is 7.98. The lowest BCUT2D eigenvalue weighted by atomic mass is 9.91. The van der Waals surface area contributed by atoms with Crippen LogP contribution in [0.1, 0.15) is 0 Å². The zero-order chi connectivity index (χ0) is 33.0. The molecule has 0 aliphatic heterocycles. The molecular weight excluding hydrogens is 607 g/mol. The first kappa shape index (κ1) is 28.3. The van der Waals surface area contributed by atoms with E-state index in [-0.39, 0.29) is 0 Å². The molecule has 0 amide bonds. The standard InChI is InChI=1S/C47H29N3/c1-3-11-31(12-4-1)37-18-10-20-40-44(37)39-26-23-35(29-43(39)50-47(40)38-19-9-16-30-13-7-8-17-36(30)38)42-28-25-34-22-21-33-24-27-41(32-14-5-2-6-15-32)48-45(33)46(34)49-42/h1-29H. The van der Waals surface area contributed by atoms with Crippen LogP contribution in [0.2, 0.25) is 0 Å². The summed E-state index contributed by atoms with van der Waals surface area (Å²) in [5.74, 6) is 0. The quantitative estimate of drug-likeness (QED) is 0.181. The largest absolute Gasteiger partial charge is 0.247 e. The van der Waals surface area contributed by atoms with Crippen molar-refractivity contribution in [2.45, 2.75) is 0 Å². The fraction of sp³-hybridized carbons (Fsp3) is 0. The third-order valence-corrected chi connectivity index (χ3v) is 9.83. The van der Waals surface area contributed by atoms with E-state index in [1.54, 1.807) is 0 Å². The van der Waals surface area contributed by atoms with Gasteiger partial charge in [0.15, 0.2) is 0 Å². The Kier molecular flexibility index (Phi) is 6.49. The van der Waals surface area contributed by atoms with Crippen molar-refractivity contribution in [2.75, 3.05) is 0 Å². The van der Waals surface area contributed by atoms with Crippen LogP contribution in [0.5, 0.6) is 0 Å². The molecule has 0 aliphatic carbocycles. The van der Waals surface area contributed by atoms with Gasteiger partial charge >= 0.3 is 0 Å². The van der Waals surface area contributed by atoms with Crippen LogP contribution in [0.4, 0.5) is 0 Å². The van der Waals surface area contributed by atoms with Gasteiger partial charge < -0.3 is 0 Å². The Morgan fingerprint density at radius 3 is 1.66 bits per heavy atom. The molecule has 7 aromatic carbocycles. The minimum Gasteiger partial charge on any atom is -0.247 e. The lowest BCUT2D eigenvalue weighted by molar-refractivity contribution is 1.36. The molecule has 3 nitrogen and oxygen atoms in total. The maximum atomic E-state index is 5.46. The molecular formula is C47H29N3. The van der Waals surface area contributed by atoms with Crippen molar-refractivity contribution in [1.82, 2.24) is 15.0 Å². The topological polar surface area (TPSA) is 38.7 Å². The Balaban J connectivity index is 1.22. The van der Waals surface area contributed by atoms with E-state index in [1.807, 2.05) is 18.2 Å².